The second-order valence-electron chi connectivity index (χ2n) is 7.20. The monoisotopic (exact) mass is 378 g/mol. The van der Waals surface area contributed by atoms with E-state index in [0.717, 1.165) is 21.8 Å². The maximum Gasteiger partial charge on any atom is 0.202 e. The maximum atomic E-state index is 6.11. The van der Waals surface area contributed by atoms with Gasteiger partial charge in [-0.25, -0.2) is 15.0 Å². The highest BCUT2D eigenvalue weighted by atomic mass is 32.1. The predicted octanol–water partition coefficient (Wildman–Crippen LogP) is 4.42. The molecule has 0 spiro atoms. The largest absolute Gasteiger partial charge is 0.369 e. The molecule has 0 amide bonds. The van der Waals surface area contributed by atoms with Crippen LogP contribution in [0, 0.1) is 0 Å². The van der Waals surface area contributed by atoms with Crippen molar-refractivity contribution in [1.29, 1.82) is 0 Å². The number of pyridine rings is 1. The summed E-state index contributed by atoms with van der Waals surface area (Å²) in [5.74, 6) is 0.493. The fourth-order valence-corrected chi connectivity index (χ4v) is 4.87. The van der Waals surface area contributed by atoms with Gasteiger partial charge in [0.25, 0.3) is 0 Å². The van der Waals surface area contributed by atoms with Crippen LogP contribution in [0.15, 0.2) is 36.5 Å². The van der Waals surface area contributed by atoms with Gasteiger partial charge in [-0.2, -0.15) is 0 Å². The molecule has 0 aliphatic heterocycles. The summed E-state index contributed by atoms with van der Waals surface area (Å²) >= 11 is 1.73. The summed E-state index contributed by atoms with van der Waals surface area (Å²) in [5, 5.41) is 4.66. The first-order valence-electron chi connectivity index (χ1n) is 9.49. The van der Waals surface area contributed by atoms with Crippen LogP contribution < -0.4 is 11.1 Å². The summed E-state index contributed by atoms with van der Waals surface area (Å²) in [7, 11) is 0. The first-order chi connectivity index (χ1) is 13.3. The van der Waals surface area contributed by atoms with Gasteiger partial charge < -0.3 is 11.1 Å². The molecule has 0 unspecified atom stereocenters. The third-order valence-electron chi connectivity index (χ3n) is 5.26. The number of thiazole rings is 1. The van der Waals surface area contributed by atoms with Gasteiger partial charge in [-0.3, -0.25) is 4.57 Å². The number of nitrogens with one attached hydrogen (secondary N) is 1. The molecule has 3 aromatic heterocycles. The molecule has 0 radical (unpaired) electrons. The highest BCUT2D eigenvalue weighted by Crippen LogP contribution is 2.30. The Labute approximate surface area is 161 Å². The first kappa shape index (κ1) is 16.5. The number of rotatable bonds is 4. The Morgan fingerprint density at radius 2 is 2.00 bits per heavy atom. The molecular weight excluding hydrogens is 356 g/mol. The fourth-order valence-electron chi connectivity index (χ4n) is 3.87. The molecule has 0 atom stereocenters. The van der Waals surface area contributed by atoms with Crippen molar-refractivity contribution in [3.05, 3.63) is 42.1 Å². The van der Waals surface area contributed by atoms with Crippen molar-refractivity contribution in [2.24, 2.45) is 0 Å². The van der Waals surface area contributed by atoms with Crippen molar-refractivity contribution in [3.63, 3.8) is 0 Å². The van der Waals surface area contributed by atoms with Gasteiger partial charge in [-0.05, 0) is 42.7 Å². The quantitative estimate of drug-likeness (QED) is 0.549. The van der Waals surface area contributed by atoms with E-state index < -0.39 is 0 Å². The fraction of sp³-hybridized carbons (Fsp3) is 0.350. The SMILES string of the molecule is Nc1nc2cccnc2n1Cc1ccc2nc(NC3CCCCC3)sc2c1. The van der Waals surface area contributed by atoms with E-state index >= 15 is 0 Å². The summed E-state index contributed by atoms with van der Waals surface area (Å²) in [6.45, 7) is 0.651. The first-order valence-corrected chi connectivity index (χ1v) is 10.3. The van der Waals surface area contributed by atoms with Crippen LogP contribution in [0.4, 0.5) is 11.1 Å². The molecule has 5 rings (SSSR count). The average Bonchev–Trinajstić information content (AvgIpc) is 3.22. The Hall–Kier alpha value is -2.67. The molecule has 1 aliphatic carbocycles. The normalized spacial score (nSPS) is 15.6. The third kappa shape index (κ3) is 3.23. The highest BCUT2D eigenvalue weighted by molar-refractivity contribution is 7.22. The average molecular weight is 379 g/mol. The Balaban J connectivity index is 1.41. The van der Waals surface area contributed by atoms with Gasteiger partial charge >= 0.3 is 0 Å². The molecule has 27 heavy (non-hydrogen) atoms. The maximum absolute atomic E-state index is 6.11. The molecule has 1 fully saturated rings. The number of nitrogens with two attached hydrogens (primary N) is 1. The van der Waals surface area contributed by atoms with Gasteiger partial charge in [0.05, 0.1) is 16.8 Å². The van der Waals surface area contributed by atoms with E-state index in [4.69, 9.17) is 10.7 Å². The van der Waals surface area contributed by atoms with Crippen LogP contribution in [0.3, 0.4) is 0 Å². The van der Waals surface area contributed by atoms with Crippen LogP contribution in [0.1, 0.15) is 37.7 Å². The number of anilines is 2. The molecule has 138 valence electrons. The van der Waals surface area contributed by atoms with Crippen molar-refractivity contribution in [1.82, 2.24) is 19.5 Å². The molecular formula is C20H22N6S. The minimum Gasteiger partial charge on any atom is -0.369 e. The van der Waals surface area contributed by atoms with Gasteiger partial charge in [0, 0.05) is 12.2 Å². The summed E-state index contributed by atoms with van der Waals surface area (Å²) in [4.78, 5) is 13.6. The molecule has 1 aliphatic rings. The third-order valence-corrected chi connectivity index (χ3v) is 6.21. The molecule has 3 N–H and O–H groups in total. The van der Waals surface area contributed by atoms with Gasteiger partial charge in [0.15, 0.2) is 10.8 Å². The minimum absolute atomic E-state index is 0.493. The lowest BCUT2D eigenvalue weighted by Crippen LogP contribution is -2.21. The van der Waals surface area contributed by atoms with Crippen molar-refractivity contribution in [2.75, 3.05) is 11.1 Å². The summed E-state index contributed by atoms with van der Waals surface area (Å²) in [5.41, 5.74) is 9.98. The van der Waals surface area contributed by atoms with Crippen molar-refractivity contribution < 1.29 is 0 Å². The zero-order valence-electron chi connectivity index (χ0n) is 15.1. The lowest BCUT2D eigenvalue weighted by molar-refractivity contribution is 0.462. The Bertz CT molecular complexity index is 1090. The molecule has 0 saturated heterocycles. The zero-order chi connectivity index (χ0) is 18.2. The van der Waals surface area contributed by atoms with E-state index in [2.05, 4.69) is 33.5 Å². The van der Waals surface area contributed by atoms with E-state index in [0.29, 0.717) is 18.5 Å². The molecule has 1 saturated carbocycles. The highest BCUT2D eigenvalue weighted by Gasteiger charge is 2.15. The standard InChI is InChI=1S/C20H22N6S/c21-19-24-16-7-4-10-22-18(16)26(19)12-13-8-9-15-17(11-13)27-20(25-15)23-14-5-2-1-3-6-14/h4,7-11,14H,1-3,5-6,12H2,(H2,21,24)(H,23,25). The molecule has 1 aromatic carbocycles. The van der Waals surface area contributed by atoms with Crippen molar-refractivity contribution >= 4 is 43.8 Å². The van der Waals surface area contributed by atoms with E-state index in [1.807, 2.05) is 16.7 Å². The van der Waals surface area contributed by atoms with Gasteiger partial charge in [0.1, 0.15) is 5.52 Å². The van der Waals surface area contributed by atoms with E-state index in [1.165, 1.54) is 42.4 Å². The van der Waals surface area contributed by atoms with E-state index in [-0.39, 0.29) is 0 Å². The Morgan fingerprint density at radius 3 is 2.89 bits per heavy atom. The molecule has 3 heterocycles. The topological polar surface area (TPSA) is 81.7 Å². The number of nitrogen functional groups attached to an aromatic ring is 1. The van der Waals surface area contributed by atoms with Crippen LogP contribution >= 0.6 is 11.3 Å². The molecule has 4 aromatic rings. The van der Waals surface area contributed by atoms with Crippen molar-refractivity contribution in [3.8, 4) is 0 Å². The Morgan fingerprint density at radius 1 is 1.11 bits per heavy atom. The van der Waals surface area contributed by atoms with Gasteiger partial charge in [0.2, 0.25) is 5.95 Å². The number of imidazole rings is 1. The molecule has 0 bridgehead atoms. The van der Waals surface area contributed by atoms with E-state index in [9.17, 15) is 0 Å². The smallest absolute Gasteiger partial charge is 0.202 e. The van der Waals surface area contributed by atoms with Gasteiger partial charge in [-0.15, -0.1) is 0 Å². The lowest BCUT2D eigenvalue weighted by atomic mass is 9.96. The predicted molar refractivity (Wildman–Crippen MR) is 111 cm³/mol. The number of nitrogens with zero attached hydrogens (tertiary/aromatic N) is 4. The number of hydrogen-bond acceptors (Lipinski definition) is 6. The van der Waals surface area contributed by atoms with Crippen LogP contribution in [0.5, 0.6) is 0 Å². The van der Waals surface area contributed by atoms with E-state index in [1.54, 1.807) is 17.5 Å². The summed E-state index contributed by atoms with van der Waals surface area (Å²) in [6, 6.07) is 10.8. The second-order valence-corrected chi connectivity index (χ2v) is 8.23. The van der Waals surface area contributed by atoms with Crippen LogP contribution in [0.25, 0.3) is 21.4 Å². The minimum atomic E-state index is 0.493. The number of aromatic nitrogens is 4. The van der Waals surface area contributed by atoms with Crippen LogP contribution in [-0.2, 0) is 6.54 Å². The Kier molecular flexibility index (Phi) is 4.16. The molecule has 6 nitrogen and oxygen atoms in total. The number of fused-ring (bicyclic) bond motifs is 2. The summed E-state index contributed by atoms with van der Waals surface area (Å²) in [6.07, 6.45) is 8.28. The van der Waals surface area contributed by atoms with Crippen molar-refractivity contribution in [2.45, 2.75) is 44.7 Å². The van der Waals surface area contributed by atoms with Gasteiger partial charge in [-0.1, -0.05) is 36.7 Å². The zero-order valence-corrected chi connectivity index (χ0v) is 15.9. The molecule has 7 heteroatoms. The lowest BCUT2D eigenvalue weighted by Gasteiger charge is -2.22. The number of hydrogen-bond donors (Lipinski definition) is 2. The summed E-state index contributed by atoms with van der Waals surface area (Å²) < 4.78 is 3.15. The number of benzene rings is 1. The second kappa shape index (κ2) is 6.81. The van der Waals surface area contributed by atoms with Crippen LogP contribution in [-0.4, -0.2) is 25.6 Å². The van der Waals surface area contributed by atoms with Crippen LogP contribution in [0.2, 0.25) is 0 Å².